The van der Waals surface area contributed by atoms with Crippen LogP contribution >= 0.6 is 27.3 Å². The van der Waals surface area contributed by atoms with E-state index in [1.165, 1.54) is 11.3 Å². The van der Waals surface area contributed by atoms with Gasteiger partial charge < -0.3 is 0 Å². The summed E-state index contributed by atoms with van der Waals surface area (Å²) in [6.07, 6.45) is 3.46. The van der Waals surface area contributed by atoms with Crippen molar-refractivity contribution in [2.45, 2.75) is 13.5 Å². The summed E-state index contributed by atoms with van der Waals surface area (Å²) >= 11 is 4.81. The summed E-state index contributed by atoms with van der Waals surface area (Å²) in [6, 6.07) is 3.82. The highest BCUT2D eigenvalue weighted by Gasteiger charge is 2.09. The molecule has 78 valence electrons. The van der Waals surface area contributed by atoms with Crippen molar-refractivity contribution < 1.29 is 4.79 Å². The summed E-state index contributed by atoms with van der Waals surface area (Å²) < 4.78 is 2.51. The Morgan fingerprint density at radius 2 is 2.40 bits per heavy atom. The quantitative estimate of drug-likeness (QED) is 0.813. The summed E-state index contributed by atoms with van der Waals surface area (Å²) in [4.78, 5) is 13.7. The molecule has 0 spiro atoms. The van der Waals surface area contributed by atoms with Crippen molar-refractivity contribution in [2.75, 3.05) is 0 Å². The number of carbonyl (C=O) groups excluding carboxylic acids is 1. The topological polar surface area (TPSA) is 34.9 Å². The fourth-order valence-electron chi connectivity index (χ4n) is 1.23. The summed E-state index contributed by atoms with van der Waals surface area (Å²) in [5.74, 6) is 0.101. The van der Waals surface area contributed by atoms with Crippen LogP contribution in [0.15, 0.2) is 29.0 Å². The molecule has 0 aliphatic heterocycles. The standard InChI is InChI=1S/C10H9BrN2OS/c1-7-2-3-10(15-7)9(14)6-13-5-8(11)4-12-13/h2-5H,6H2,1H3. The minimum atomic E-state index is 0.101. The van der Waals surface area contributed by atoms with E-state index in [9.17, 15) is 4.79 Å². The third-order valence-corrected chi connectivity index (χ3v) is 3.37. The highest BCUT2D eigenvalue weighted by molar-refractivity contribution is 9.10. The minimum absolute atomic E-state index is 0.101. The van der Waals surface area contributed by atoms with Crippen molar-refractivity contribution in [1.82, 2.24) is 9.78 Å². The average Bonchev–Trinajstić information content (AvgIpc) is 2.75. The van der Waals surface area contributed by atoms with Crippen molar-refractivity contribution in [3.8, 4) is 0 Å². The molecule has 0 amide bonds. The molecule has 2 rings (SSSR count). The van der Waals surface area contributed by atoms with Crippen LogP contribution in [0.2, 0.25) is 0 Å². The van der Waals surface area contributed by atoms with Crippen molar-refractivity contribution >= 4 is 33.0 Å². The van der Waals surface area contributed by atoms with Crippen molar-refractivity contribution in [3.05, 3.63) is 38.8 Å². The van der Waals surface area contributed by atoms with Crippen LogP contribution in [-0.2, 0) is 6.54 Å². The molecule has 0 aliphatic carbocycles. The number of thiophene rings is 1. The number of hydrogen-bond acceptors (Lipinski definition) is 3. The second-order valence-corrected chi connectivity index (χ2v) is 5.39. The molecule has 0 saturated heterocycles. The molecular formula is C10H9BrN2OS. The lowest BCUT2D eigenvalue weighted by molar-refractivity contribution is 0.0971. The second-order valence-electron chi connectivity index (χ2n) is 3.19. The van der Waals surface area contributed by atoms with Crippen LogP contribution in [0.4, 0.5) is 0 Å². The van der Waals surface area contributed by atoms with Gasteiger partial charge in [-0.2, -0.15) is 5.10 Å². The van der Waals surface area contributed by atoms with Gasteiger partial charge in [0.05, 0.1) is 15.5 Å². The van der Waals surface area contributed by atoms with E-state index in [-0.39, 0.29) is 5.78 Å². The van der Waals surface area contributed by atoms with E-state index in [0.29, 0.717) is 6.54 Å². The molecule has 0 radical (unpaired) electrons. The minimum Gasteiger partial charge on any atom is -0.291 e. The van der Waals surface area contributed by atoms with E-state index in [4.69, 9.17) is 0 Å². The number of hydrogen-bond donors (Lipinski definition) is 0. The molecule has 2 aromatic heterocycles. The Labute approximate surface area is 99.9 Å². The molecule has 0 bridgehead atoms. The predicted octanol–water partition coefficient (Wildman–Crippen LogP) is 2.90. The van der Waals surface area contributed by atoms with E-state index in [2.05, 4.69) is 21.0 Å². The van der Waals surface area contributed by atoms with Crippen LogP contribution in [0.5, 0.6) is 0 Å². The summed E-state index contributed by atoms with van der Waals surface area (Å²) in [5.41, 5.74) is 0. The van der Waals surface area contributed by atoms with Crippen LogP contribution in [0.25, 0.3) is 0 Å². The van der Waals surface area contributed by atoms with Gasteiger partial charge in [-0.1, -0.05) is 0 Å². The lowest BCUT2D eigenvalue weighted by Gasteiger charge is -1.97. The van der Waals surface area contributed by atoms with Gasteiger partial charge in [0.1, 0.15) is 6.54 Å². The third-order valence-electron chi connectivity index (χ3n) is 1.92. The fourth-order valence-corrected chi connectivity index (χ4v) is 2.36. The smallest absolute Gasteiger partial charge is 0.194 e. The van der Waals surface area contributed by atoms with E-state index < -0.39 is 0 Å². The number of ketones is 1. The van der Waals surface area contributed by atoms with Crippen molar-refractivity contribution in [3.63, 3.8) is 0 Å². The Balaban J connectivity index is 2.10. The highest BCUT2D eigenvalue weighted by Crippen LogP contribution is 2.16. The first-order valence-corrected chi connectivity index (χ1v) is 6.04. The molecule has 2 heterocycles. The zero-order valence-corrected chi connectivity index (χ0v) is 10.5. The molecule has 15 heavy (non-hydrogen) atoms. The van der Waals surface area contributed by atoms with Crippen LogP contribution in [0.3, 0.4) is 0 Å². The van der Waals surface area contributed by atoms with Gasteiger partial charge >= 0.3 is 0 Å². The summed E-state index contributed by atoms with van der Waals surface area (Å²) in [5, 5.41) is 4.04. The Morgan fingerprint density at radius 3 is 2.93 bits per heavy atom. The molecule has 0 N–H and O–H groups in total. The number of halogens is 1. The van der Waals surface area contributed by atoms with Gasteiger partial charge in [-0.3, -0.25) is 9.48 Å². The zero-order chi connectivity index (χ0) is 10.8. The number of aromatic nitrogens is 2. The molecule has 2 aromatic rings. The van der Waals surface area contributed by atoms with Gasteiger partial charge in [-0.15, -0.1) is 11.3 Å². The van der Waals surface area contributed by atoms with Gasteiger partial charge in [-0.05, 0) is 35.0 Å². The SMILES string of the molecule is Cc1ccc(C(=O)Cn2cc(Br)cn2)s1. The number of nitrogens with zero attached hydrogens (tertiary/aromatic N) is 2. The maximum absolute atomic E-state index is 11.8. The highest BCUT2D eigenvalue weighted by atomic mass is 79.9. The normalized spacial score (nSPS) is 10.5. The molecule has 0 fully saturated rings. The Hall–Kier alpha value is -0.940. The molecule has 0 atom stereocenters. The number of carbonyl (C=O) groups is 1. The Kier molecular flexibility index (Phi) is 3.02. The van der Waals surface area contributed by atoms with Gasteiger partial charge in [0.2, 0.25) is 0 Å². The molecule has 0 aromatic carbocycles. The molecule has 5 heteroatoms. The van der Waals surface area contributed by atoms with E-state index in [1.807, 2.05) is 19.1 Å². The first kappa shape index (κ1) is 10.6. The average molecular weight is 285 g/mol. The maximum atomic E-state index is 11.8. The second kappa shape index (κ2) is 4.28. The van der Waals surface area contributed by atoms with Crippen LogP contribution in [-0.4, -0.2) is 15.6 Å². The van der Waals surface area contributed by atoms with Gasteiger partial charge in [0, 0.05) is 11.1 Å². The lowest BCUT2D eigenvalue weighted by atomic mass is 10.3. The van der Waals surface area contributed by atoms with Crippen LogP contribution in [0.1, 0.15) is 14.5 Å². The Morgan fingerprint density at radius 1 is 1.60 bits per heavy atom. The number of Topliss-reactive ketones (excluding diaryl/α,β-unsaturated/α-hetero) is 1. The molecule has 3 nitrogen and oxygen atoms in total. The van der Waals surface area contributed by atoms with Crippen molar-refractivity contribution in [2.24, 2.45) is 0 Å². The Bertz CT molecular complexity index is 489. The van der Waals surface area contributed by atoms with E-state index >= 15 is 0 Å². The number of aryl methyl sites for hydroxylation is 1. The maximum Gasteiger partial charge on any atom is 0.194 e. The lowest BCUT2D eigenvalue weighted by Crippen LogP contribution is -2.09. The van der Waals surface area contributed by atoms with Crippen molar-refractivity contribution in [1.29, 1.82) is 0 Å². The summed E-state index contributed by atoms with van der Waals surface area (Å²) in [6.45, 7) is 2.29. The zero-order valence-electron chi connectivity index (χ0n) is 8.11. The first-order valence-electron chi connectivity index (χ1n) is 4.43. The summed E-state index contributed by atoms with van der Waals surface area (Å²) in [7, 11) is 0. The van der Waals surface area contributed by atoms with E-state index in [0.717, 1.165) is 14.2 Å². The monoisotopic (exact) mass is 284 g/mol. The first-order chi connectivity index (χ1) is 7.15. The number of rotatable bonds is 3. The van der Waals surface area contributed by atoms with E-state index in [1.54, 1.807) is 17.1 Å². The molecule has 0 saturated carbocycles. The third kappa shape index (κ3) is 2.54. The molecule has 0 aliphatic rings. The van der Waals surface area contributed by atoms with Crippen LogP contribution < -0.4 is 0 Å². The largest absolute Gasteiger partial charge is 0.291 e. The predicted molar refractivity (Wildman–Crippen MR) is 63.3 cm³/mol. The molecule has 0 unspecified atom stereocenters. The van der Waals surface area contributed by atoms with Gasteiger partial charge in [0.25, 0.3) is 0 Å². The molecular weight excluding hydrogens is 276 g/mol. The fraction of sp³-hybridized carbons (Fsp3) is 0.200. The van der Waals surface area contributed by atoms with Crippen LogP contribution in [0, 0.1) is 6.92 Å². The van der Waals surface area contributed by atoms with Gasteiger partial charge in [0.15, 0.2) is 5.78 Å². The van der Waals surface area contributed by atoms with Gasteiger partial charge in [-0.25, -0.2) is 0 Å².